The largest absolute Gasteiger partial charge is 0.481 e. The lowest BCUT2D eigenvalue weighted by atomic mass is 10.0. The molecule has 0 atom stereocenters. The number of carboxylic acid groups (broad SMARTS) is 1. The second-order valence-electron chi connectivity index (χ2n) is 6.17. The second kappa shape index (κ2) is 6.27. The van der Waals surface area contributed by atoms with Crippen molar-refractivity contribution >= 4 is 27.4 Å². The number of nitrogens with one attached hydrogen (secondary N) is 1. The number of sulfone groups is 1. The Labute approximate surface area is 133 Å². The van der Waals surface area contributed by atoms with Gasteiger partial charge in [-0.05, 0) is 36.0 Å². The van der Waals surface area contributed by atoms with Crippen LogP contribution in [0.2, 0.25) is 0 Å². The number of amides is 1. The van der Waals surface area contributed by atoms with Crippen molar-refractivity contribution < 1.29 is 27.5 Å². The topological polar surface area (TPSA) is 101 Å². The zero-order valence-corrected chi connectivity index (χ0v) is 13.5. The molecule has 126 valence electrons. The van der Waals surface area contributed by atoms with E-state index in [0.29, 0.717) is 12.8 Å². The van der Waals surface area contributed by atoms with Crippen LogP contribution in [0.25, 0.3) is 0 Å². The second-order valence-corrected chi connectivity index (χ2v) is 8.31. The Kier molecular flexibility index (Phi) is 4.74. The molecule has 0 aliphatic heterocycles. The number of hydrogen-bond donors (Lipinski definition) is 2. The molecule has 1 aromatic carbocycles. The van der Waals surface area contributed by atoms with Crippen LogP contribution < -0.4 is 5.32 Å². The molecule has 1 saturated carbocycles. The van der Waals surface area contributed by atoms with Crippen LogP contribution in [0.5, 0.6) is 0 Å². The lowest BCUT2D eigenvalue weighted by molar-refractivity contribution is -0.136. The Bertz CT molecular complexity index is 740. The Morgan fingerprint density at radius 3 is 2.48 bits per heavy atom. The van der Waals surface area contributed by atoms with E-state index in [1.807, 2.05) is 0 Å². The average Bonchev–Trinajstić information content (AvgIpc) is 3.08. The van der Waals surface area contributed by atoms with E-state index in [1.165, 1.54) is 12.1 Å². The van der Waals surface area contributed by atoms with Gasteiger partial charge < -0.3 is 10.4 Å². The number of halogens is 1. The van der Waals surface area contributed by atoms with Crippen molar-refractivity contribution in [3.63, 3.8) is 0 Å². The van der Waals surface area contributed by atoms with Gasteiger partial charge in [0, 0.05) is 18.4 Å². The summed E-state index contributed by atoms with van der Waals surface area (Å²) in [5, 5.41) is 11.2. The summed E-state index contributed by atoms with van der Waals surface area (Å²) in [6, 6.07) is 3.80. The highest BCUT2D eigenvalue weighted by atomic mass is 32.2. The average molecular weight is 343 g/mol. The number of hydrogen-bond acceptors (Lipinski definition) is 4. The van der Waals surface area contributed by atoms with Gasteiger partial charge in [0.15, 0.2) is 0 Å². The van der Waals surface area contributed by atoms with Crippen LogP contribution in [0.3, 0.4) is 0 Å². The van der Waals surface area contributed by atoms with Crippen LogP contribution in [0, 0.1) is 11.2 Å². The van der Waals surface area contributed by atoms with E-state index in [0.717, 1.165) is 12.3 Å². The Morgan fingerprint density at radius 1 is 1.35 bits per heavy atom. The third kappa shape index (κ3) is 5.31. The number of rotatable bonds is 7. The molecule has 0 aromatic heterocycles. The van der Waals surface area contributed by atoms with Crippen LogP contribution in [0.4, 0.5) is 10.1 Å². The van der Waals surface area contributed by atoms with E-state index >= 15 is 0 Å². The zero-order valence-electron chi connectivity index (χ0n) is 12.6. The third-order valence-electron chi connectivity index (χ3n) is 3.74. The zero-order chi connectivity index (χ0) is 17.3. The first-order valence-corrected chi connectivity index (χ1v) is 9.12. The summed E-state index contributed by atoms with van der Waals surface area (Å²) in [6.45, 7) is 0. The number of carbonyl (C=O) groups excluding carboxylic acids is 1. The van der Waals surface area contributed by atoms with Gasteiger partial charge in [0.2, 0.25) is 5.91 Å². The highest BCUT2D eigenvalue weighted by Gasteiger charge is 2.46. The molecular weight excluding hydrogens is 325 g/mol. The predicted molar refractivity (Wildman–Crippen MR) is 82.4 cm³/mol. The first kappa shape index (κ1) is 17.4. The molecule has 0 bridgehead atoms. The van der Waals surface area contributed by atoms with Crippen LogP contribution >= 0.6 is 0 Å². The maximum absolute atomic E-state index is 13.7. The molecule has 0 heterocycles. The molecule has 6 nitrogen and oxygen atoms in total. The molecule has 1 amide bonds. The molecule has 0 saturated heterocycles. The van der Waals surface area contributed by atoms with Crippen molar-refractivity contribution in [2.75, 3.05) is 17.3 Å². The van der Waals surface area contributed by atoms with Crippen molar-refractivity contribution in [1.29, 1.82) is 0 Å². The minimum Gasteiger partial charge on any atom is -0.481 e. The standard InChI is InChI=1S/C15H18FNO5S/c1-23(21,22)9-15(4-5-15)8-13(18)17-11-3-2-10(6-14(19)20)12(16)7-11/h2-3,7H,4-6,8-9H2,1H3,(H,17,18)(H,19,20). The molecular formula is C15H18FNO5S. The van der Waals surface area contributed by atoms with E-state index in [9.17, 15) is 22.4 Å². The SMILES string of the molecule is CS(=O)(=O)CC1(CC(=O)Nc2ccc(CC(=O)O)c(F)c2)CC1. The van der Waals surface area contributed by atoms with Gasteiger partial charge in [-0.15, -0.1) is 0 Å². The first-order chi connectivity index (χ1) is 10.6. The van der Waals surface area contributed by atoms with Crippen molar-refractivity contribution in [2.45, 2.75) is 25.7 Å². The Balaban J connectivity index is 1.98. The summed E-state index contributed by atoms with van der Waals surface area (Å²) in [7, 11) is -3.16. The number of aliphatic carboxylic acids is 1. The van der Waals surface area contributed by atoms with E-state index in [2.05, 4.69) is 5.32 Å². The molecule has 0 spiro atoms. The first-order valence-electron chi connectivity index (χ1n) is 7.06. The fourth-order valence-electron chi connectivity index (χ4n) is 2.58. The number of anilines is 1. The third-order valence-corrected chi connectivity index (χ3v) is 4.88. The smallest absolute Gasteiger partial charge is 0.307 e. The van der Waals surface area contributed by atoms with Crippen LogP contribution in [0.15, 0.2) is 18.2 Å². The molecule has 0 unspecified atom stereocenters. The van der Waals surface area contributed by atoms with E-state index in [4.69, 9.17) is 5.11 Å². The highest BCUT2D eigenvalue weighted by Crippen LogP contribution is 2.49. The quantitative estimate of drug-likeness (QED) is 0.783. The van der Waals surface area contributed by atoms with Gasteiger partial charge in [0.1, 0.15) is 15.7 Å². The summed E-state index contributed by atoms with van der Waals surface area (Å²) >= 11 is 0. The summed E-state index contributed by atoms with van der Waals surface area (Å²) < 4.78 is 36.5. The molecule has 0 radical (unpaired) electrons. The summed E-state index contributed by atoms with van der Waals surface area (Å²) in [4.78, 5) is 22.6. The predicted octanol–water partition coefficient (Wildman–Crippen LogP) is 1.61. The summed E-state index contributed by atoms with van der Waals surface area (Å²) in [5.41, 5.74) is -0.248. The van der Waals surface area contributed by atoms with Gasteiger partial charge in [-0.3, -0.25) is 9.59 Å². The Morgan fingerprint density at radius 2 is 2.00 bits per heavy atom. The number of carboxylic acids is 1. The van der Waals surface area contributed by atoms with Crippen LogP contribution in [0.1, 0.15) is 24.8 Å². The summed E-state index contributed by atoms with van der Waals surface area (Å²) in [6.07, 6.45) is 2.14. The van der Waals surface area contributed by atoms with Crippen LogP contribution in [-0.2, 0) is 25.8 Å². The number of benzene rings is 1. The minimum absolute atomic E-state index is 0.0284. The Hall–Kier alpha value is -1.96. The highest BCUT2D eigenvalue weighted by molar-refractivity contribution is 7.90. The van der Waals surface area contributed by atoms with Gasteiger partial charge in [-0.1, -0.05) is 6.07 Å². The van der Waals surface area contributed by atoms with E-state index < -0.39 is 33.5 Å². The fourth-order valence-corrected chi connectivity index (χ4v) is 4.09. The lowest BCUT2D eigenvalue weighted by Crippen LogP contribution is -2.23. The van der Waals surface area contributed by atoms with Gasteiger partial charge in [-0.25, -0.2) is 12.8 Å². The van der Waals surface area contributed by atoms with Crippen LogP contribution in [-0.4, -0.2) is 37.4 Å². The molecule has 1 fully saturated rings. The molecule has 23 heavy (non-hydrogen) atoms. The maximum Gasteiger partial charge on any atom is 0.307 e. The maximum atomic E-state index is 13.7. The number of carbonyl (C=O) groups is 2. The van der Waals surface area contributed by atoms with Gasteiger partial charge in [0.05, 0.1) is 12.2 Å². The van der Waals surface area contributed by atoms with Gasteiger partial charge in [-0.2, -0.15) is 0 Å². The monoisotopic (exact) mass is 343 g/mol. The molecule has 1 aliphatic rings. The summed E-state index contributed by atoms with van der Waals surface area (Å²) in [5.74, 6) is -2.25. The van der Waals surface area contributed by atoms with Gasteiger partial charge in [0.25, 0.3) is 0 Å². The van der Waals surface area contributed by atoms with Gasteiger partial charge >= 0.3 is 5.97 Å². The van der Waals surface area contributed by atoms with Crippen molar-refractivity contribution in [3.05, 3.63) is 29.6 Å². The normalized spacial score (nSPS) is 15.9. The molecule has 1 aliphatic carbocycles. The molecule has 8 heteroatoms. The molecule has 1 aromatic rings. The molecule has 2 rings (SSSR count). The lowest BCUT2D eigenvalue weighted by Gasteiger charge is -2.14. The van der Waals surface area contributed by atoms with Crippen molar-refractivity contribution in [1.82, 2.24) is 0 Å². The van der Waals surface area contributed by atoms with Crippen molar-refractivity contribution in [2.24, 2.45) is 5.41 Å². The van der Waals surface area contributed by atoms with Crippen molar-refractivity contribution in [3.8, 4) is 0 Å². The minimum atomic E-state index is -3.16. The fraction of sp³-hybridized carbons (Fsp3) is 0.467. The van der Waals surface area contributed by atoms with E-state index in [-0.39, 0.29) is 29.3 Å². The van der Waals surface area contributed by atoms with E-state index in [1.54, 1.807) is 0 Å². The molecule has 2 N–H and O–H groups in total.